The van der Waals surface area contributed by atoms with Gasteiger partial charge in [0.25, 0.3) is 5.91 Å². The fourth-order valence-corrected chi connectivity index (χ4v) is 3.62. The van der Waals surface area contributed by atoms with Gasteiger partial charge < -0.3 is 10.0 Å². The van der Waals surface area contributed by atoms with E-state index < -0.39 is 16.0 Å². The van der Waals surface area contributed by atoms with Gasteiger partial charge in [0.1, 0.15) is 0 Å². The number of benzene rings is 1. The zero-order valence-corrected chi connectivity index (χ0v) is 16.1. The van der Waals surface area contributed by atoms with Crippen molar-refractivity contribution < 1.29 is 23.1 Å². The van der Waals surface area contributed by atoms with Crippen molar-refractivity contribution in [2.45, 2.75) is 51.1 Å². The summed E-state index contributed by atoms with van der Waals surface area (Å²) in [5.41, 5.74) is 0.220. The predicted octanol–water partition coefficient (Wildman–Crippen LogP) is 2.04. The van der Waals surface area contributed by atoms with Crippen LogP contribution in [0.15, 0.2) is 29.2 Å². The van der Waals surface area contributed by atoms with Crippen LogP contribution >= 0.6 is 0 Å². The zero-order valence-electron chi connectivity index (χ0n) is 15.3. The van der Waals surface area contributed by atoms with Gasteiger partial charge in [-0.3, -0.25) is 9.59 Å². The summed E-state index contributed by atoms with van der Waals surface area (Å²) in [5.74, 6) is -1.38. The number of carboxylic acid groups (broad SMARTS) is 1. The Labute approximate surface area is 149 Å². The number of nitrogens with zero attached hydrogens (tertiary/aromatic N) is 2. The number of carboxylic acids is 1. The van der Waals surface area contributed by atoms with Crippen LogP contribution in [0.3, 0.4) is 0 Å². The van der Waals surface area contributed by atoms with Crippen LogP contribution in [0.1, 0.15) is 44.5 Å². The van der Waals surface area contributed by atoms with Crippen molar-refractivity contribution in [1.82, 2.24) is 9.21 Å². The minimum Gasteiger partial charge on any atom is -0.481 e. The van der Waals surface area contributed by atoms with Gasteiger partial charge in [0.05, 0.1) is 11.3 Å². The first-order chi connectivity index (χ1) is 11.5. The smallest absolute Gasteiger partial charge is 0.305 e. The number of hydrogen-bond donors (Lipinski definition) is 1. The van der Waals surface area contributed by atoms with E-state index in [-0.39, 0.29) is 41.4 Å². The highest BCUT2D eigenvalue weighted by molar-refractivity contribution is 7.89. The Morgan fingerprint density at radius 2 is 1.72 bits per heavy atom. The van der Waals surface area contributed by atoms with Crippen LogP contribution in [0, 0.1) is 0 Å². The van der Waals surface area contributed by atoms with Gasteiger partial charge in [-0.1, -0.05) is 6.07 Å². The fraction of sp³-hybridized carbons (Fsp3) is 0.529. The Morgan fingerprint density at radius 1 is 1.12 bits per heavy atom. The zero-order chi connectivity index (χ0) is 19.4. The van der Waals surface area contributed by atoms with E-state index in [0.29, 0.717) is 0 Å². The molecule has 1 aromatic rings. The lowest BCUT2D eigenvalue weighted by Crippen LogP contribution is -2.38. The molecule has 0 aromatic heterocycles. The third-order valence-corrected chi connectivity index (χ3v) is 5.97. The van der Waals surface area contributed by atoms with E-state index in [0.717, 1.165) is 0 Å². The monoisotopic (exact) mass is 370 g/mol. The Morgan fingerprint density at radius 3 is 2.20 bits per heavy atom. The molecule has 1 rings (SSSR count). The third-order valence-electron chi connectivity index (χ3n) is 3.94. The molecule has 8 heteroatoms. The maximum Gasteiger partial charge on any atom is 0.305 e. The van der Waals surface area contributed by atoms with Crippen molar-refractivity contribution in [2.24, 2.45) is 0 Å². The van der Waals surface area contributed by atoms with Crippen LogP contribution in [0.25, 0.3) is 0 Å². The van der Waals surface area contributed by atoms with Gasteiger partial charge in [-0.05, 0) is 45.9 Å². The Bertz CT molecular complexity index is 728. The van der Waals surface area contributed by atoms with Crippen LogP contribution in [0.4, 0.5) is 0 Å². The first-order valence-electron chi connectivity index (χ1n) is 8.09. The van der Waals surface area contributed by atoms with Crippen molar-refractivity contribution in [3.63, 3.8) is 0 Å². The largest absolute Gasteiger partial charge is 0.481 e. The fourth-order valence-electron chi connectivity index (χ4n) is 2.21. The van der Waals surface area contributed by atoms with Gasteiger partial charge in [-0.2, -0.15) is 4.31 Å². The Kier molecular flexibility index (Phi) is 7.13. The van der Waals surface area contributed by atoms with E-state index in [2.05, 4.69) is 0 Å². The molecule has 1 amide bonds. The first kappa shape index (κ1) is 21.1. The SMILES string of the molecule is CC(C)N(CCC(=O)O)C(=O)c1cccc(S(=O)(=O)N(C)C(C)C)c1. The molecule has 0 unspecified atom stereocenters. The van der Waals surface area contributed by atoms with Crippen LogP contribution in [0.5, 0.6) is 0 Å². The molecule has 0 aliphatic carbocycles. The molecule has 0 fully saturated rings. The van der Waals surface area contributed by atoms with Gasteiger partial charge in [-0.15, -0.1) is 0 Å². The second-order valence-electron chi connectivity index (χ2n) is 6.38. The molecule has 140 valence electrons. The molecule has 25 heavy (non-hydrogen) atoms. The highest BCUT2D eigenvalue weighted by Crippen LogP contribution is 2.19. The summed E-state index contributed by atoms with van der Waals surface area (Å²) in [7, 11) is -2.21. The molecular formula is C17H26N2O5S. The summed E-state index contributed by atoms with van der Waals surface area (Å²) < 4.78 is 26.4. The first-order valence-corrected chi connectivity index (χ1v) is 9.53. The quantitative estimate of drug-likeness (QED) is 0.755. The normalized spacial score (nSPS) is 12.0. The molecule has 0 aliphatic heterocycles. The van der Waals surface area contributed by atoms with E-state index in [1.165, 1.54) is 40.5 Å². The molecular weight excluding hydrogens is 344 g/mol. The summed E-state index contributed by atoms with van der Waals surface area (Å²) >= 11 is 0. The van der Waals surface area contributed by atoms with E-state index >= 15 is 0 Å². The highest BCUT2D eigenvalue weighted by Gasteiger charge is 2.25. The molecule has 0 radical (unpaired) electrons. The summed E-state index contributed by atoms with van der Waals surface area (Å²) in [6.45, 7) is 7.16. The number of amides is 1. The van der Waals surface area contributed by atoms with Crippen molar-refractivity contribution >= 4 is 21.9 Å². The average Bonchev–Trinajstić information content (AvgIpc) is 2.53. The van der Waals surface area contributed by atoms with Gasteiger partial charge in [-0.25, -0.2) is 8.42 Å². The molecule has 0 atom stereocenters. The van der Waals surface area contributed by atoms with Crippen molar-refractivity contribution in [3.8, 4) is 0 Å². The van der Waals surface area contributed by atoms with Gasteiger partial charge in [0.2, 0.25) is 10.0 Å². The summed E-state index contributed by atoms with van der Waals surface area (Å²) in [4.78, 5) is 25.0. The van der Waals surface area contributed by atoms with Crippen molar-refractivity contribution in [3.05, 3.63) is 29.8 Å². The standard InChI is InChI=1S/C17H26N2O5S/c1-12(2)18(5)25(23,24)15-8-6-7-14(11-15)17(22)19(13(3)4)10-9-16(20)21/h6-8,11-13H,9-10H2,1-5H3,(H,20,21). The molecule has 1 aromatic carbocycles. The molecule has 0 saturated carbocycles. The van der Waals surface area contributed by atoms with E-state index in [4.69, 9.17) is 5.11 Å². The summed E-state index contributed by atoms with van der Waals surface area (Å²) in [6.07, 6.45) is -0.169. The second kappa shape index (κ2) is 8.44. The summed E-state index contributed by atoms with van der Waals surface area (Å²) in [5, 5.41) is 8.84. The van der Waals surface area contributed by atoms with E-state index in [1.54, 1.807) is 27.7 Å². The lowest BCUT2D eigenvalue weighted by Gasteiger charge is -2.26. The molecule has 0 bridgehead atoms. The molecule has 0 spiro atoms. The third kappa shape index (κ3) is 5.27. The lowest BCUT2D eigenvalue weighted by atomic mass is 10.1. The van der Waals surface area contributed by atoms with E-state index in [9.17, 15) is 18.0 Å². The number of sulfonamides is 1. The molecule has 0 heterocycles. The van der Waals surface area contributed by atoms with E-state index in [1.807, 2.05) is 0 Å². The average molecular weight is 370 g/mol. The van der Waals surface area contributed by atoms with Crippen LogP contribution in [-0.4, -0.2) is 60.3 Å². The van der Waals surface area contributed by atoms with Crippen LogP contribution in [0.2, 0.25) is 0 Å². The van der Waals surface area contributed by atoms with Gasteiger partial charge in [0.15, 0.2) is 0 Å². The van der Waals surface area contributed by atoms with Crippen molar-refractivity contribution in [1.29, 1.82) is 0 Å². The van der Waals surface area contributed by atoms with Crippen LogP contribution in [-0.2, 0) is 14.8 Å². The topological polar surface area (TPSA) is 95.0 Å². The van der Waals surface area contributed by atoms with Crippen LogP contribution < -0.4 is 0 Å². The minimum atomic E-state index is -3.70. The number of aliphatic carboxylic acids is 1. The molecule has 7 nitrogen and oxygen atoms in total. The number of carbonyl (C=O) groups is 2. The van der Waals surface area contributed by atoms with Crippen molar-refractivity contribution in [2.75, 3.05) is 13.6 Å². The highest BCUT2D eigenvalue weighted by atomic mass is 32.2. The Hall–Kier alpha value is -1.93. The molecule has 0 aliphatic rings. The number of hydrogen-bond acceptors (Lipinski definition) is 4. The number of rotatable bonds is 8. The lowest BCUT2D eigenvalue weighted by molar-refractivity contribution is -0.137. The minimum absolute atomic E-state index is 0.0384. The predicted molar refractivity (Wildman–Crippen MR) is 95.0 cm³/mol. The van der Waals surface area contributed by atoms with Gasteiger partial charge >= 0.3 is 5.97 Å². The Balaban J connectivity index is 3.18. The maximum absolute atomic E-state index is 12.7. The number of carbonyl (C=O) groups excluding carboxylic acids is 1. The second-order valence-corrected chi connectivity index (χ2v) is 8.38. The summed E-state index contributed by atoms with van der Waals surface area (Å²) in [6, 6.07) is 5.42. The molecule has 1 N–H and O–H groups in total. The maximum atomic E-state index is 12.7. The molecule has 0 saturated heterocycles. The van der Waals surface area contributed by atoms with Gasteiger partial charge in [0, 0.05) is 31.2 Å².